The Labute approximate surface area is 200 Å². The summed E-state index contributed by atoms with van der Waals surface area (Å²) in [5, 5.41) is 13.2. The second-order valence-electron chi connectivity index (χ2n) is 8.33. The number of esters is 1. The molecular formula is C26H32N2O4S. The Morgan fingerprint density at radius 1 is 1.18 bits per heavy atom. The van der Waals surface area contributed by atoms with Gasteiger partial charge in [-0.15, -0.1) is 0 Å². The third-order valence-electron chi connectivity index (χ3n) is 4.85. The molecule has 7 heteroatoms. The van der Waals surface area contributed by atoms with E-state index >= 15 is 0 Å². The fourth-order valence-electron chi connectivity index (χ4n) is 2.98. The Morgan fingerprint density at radius 2 is 1.85 bits per heavy atom. The molecule has 2 aromatic rings. The zero-order chi connectivity index (χ0) is 24.6. The number of hydrogen-bond donors (Lipinski definition) is 2. The van der Waals surface area contributed by atoms with Gasteiger partial charge in [0, 0.05) is 28.1 Å². The number of allylic oxidation sites excluding steroid dienone is 2. The lowest BCUT2D eigenvalue weighted by molar-refractivity contribution is -0.153. The van der Waals surface area contributed by atoms with E-state index in [2.05, 4.69) is 36.3 Å². The molecule has 0 bridgehead atoms. The number of aromatic hydroxyl groups is 1. The molecule has 0 saturated heterocycles. The molecule has 1 amide bonds. The predicted octanol–water partition coefficient (Wildman–Crippen LogP) is 5.65. The van der Waals surface area contributed by atoms with E-state index in [4.69, 9.17) is 4.74 Å². The molecule has 0 unspecified atom stereocenters. The Kier molecular flexibility index (Phi) is 9.29. The fraction of sp³-hybridized carbons (Fsp3) is 0.346. The minimum absolute atomic E-state index is 0.0600. The number of aromatic nitrogens is 1. The number of carbonyl (C=O) groups excluding carboxylic acids is 2. The maximum absolute atomic E-state index is 12.6. The molecule has 0 aliphatic rings. The summed E-state index contributed by atoms with van der Waals surface area (Å²) in [7, 11) is 0. The van der Waals surface area contributed by atoms with E-state index in [1.165, 1.54) is 11.6 Å². The van der Waals surface area contributed by atoms with Crippen molar-refractivity contribution in [3.8, 4) is 5.75 Å². The first-order valence-electron chi connectivity index (χ1n) is 10.8. The van der Waals surface area contributed by atoms with Gasteiger partial charge < -0.3 is 15.2 Å². The molecular weight excluding hydrogens is 436 g/mol. The highest BCUT2D eigenvalue weighted by atomic mass is 32.2. The monoisotopic (exact) mass is 468 g/mol. The van der Waals surface area contributed by atoms with Gasteiger partial charge in [-0.2, -0.15) is 0 Å². The quantitative estimate of drug-likeness (QED) is 0.462. The van der Waals surface area contributed by atoms with Crippen molar-refractivity contribution in [1.29, 1.82) is 0 Å². The second-order valence-corrected chi connectivity index (χ2v) is 9.38. The first kappa shape index (κ1) is 26.2. The van der Waals surface area contributed by atoms with E-state index in [9.17, 15) is 14.7 Å². The molecule has 2 N–H and O–H groups in total. The molecule has 176 valence electrons. The summed E-state index contributed by atoms with van der Waals surface area (Å²) in [4.78, 5) is 30.8. The van der Waals surface area contributed by atoms with Crippen LogP contribution in [-0.2, 0) is 9.53 Å². The van der Waals surface area contributed by atoms with Gasteiger partial charge in [0.2, 0.25) is 0 Å². The number of thioether (sulfide) groups is 1. The first-order chi connectivity index (χ1) is 15.6. The molecule has 0 saturated carbocycles. The molecule has 0 aliphatic heterocycles. The lowest BCUT2D eigenvalue weighted by Gasteiger charge is -2.22. The third kappa shape index (κ3) is 6.96. The van der Waals surface area contributed by atoms with E-state index in [0.29, 0.717) is 5.56 Å². The first-order valence-corrected chi connectivity index (χ1v) is 11.6. The maximum atomic E-state index is 12.6. The summed E-state index contributed by atoms with van der Waals surface area (Å²) in [6, 6.07) is 11.6. The molecule has 1 aromatic heterocycles. The van der Waals surface area contributed by atoms with E-state index in [0.717, 1.165) is 15.4 Å². The minimum atomic E-state index is -0.895. The van der Waals surface area contributed by atoms with Gasteiger partial charge in [0.1, 0.15) is 5.75 Å². The van der Waals surface area contributed by atoms with Crippen molar-refractivity contribution in [1.82, 2.24) is 10.3 Å². The summed E-state index contributed by atoms with van der Waals surface area (Å²) < 4.78 is 5.04. The van der Waals surface area contributed by atoms with E-state index < -0.39 is 17.3 Å². The molecule has 0 fully saturated rings. The summed E-state index contributed by atoms with van der Waals surface area (Å²) in [6.07, 6.45) is 3.52. The molecule has 0 aliphatic carbocycles. The number of carbonyl (C=O) groups is 2. The van der Waals surface area contributed by atoms with Gasteiger partial charge in [0.05, 0.1) is 12.0 Å². The number of nitrogens with zero attached hydrogens (tertiary/aromatic N) is 1. The SMILES string of the molecule is C/C=C(\SC(=C(C)C)c1ccccc1)c1cnc(C(=O)NCC(C)(C)C(=O)OCC)c(O)c1. The molecule has 0 radical (unpaired) electrons. The van der Waals surface area contributed by atoms with Crippen LogP contribution in [0.5, 0.6) is 5.75 Å². The second kappa shape index (κ2) is 11.7. The van der Waals surface area contributed by atoms with Gasteiger partial charge in [-0.05, 0) is 53.2 Å². The van der Waals surface area contributed by atoms with E-state index in [1.54, 1.807) is 38.7 Å². The van der Waals surface area contributed by atoms with Crippen LogP contribution in [0, 0.1) is 5.41 Å². The van der Waals surface area contributed by atoms with Crippen molar-refractivity contribution in [2.75, 3.05) is 13.2 Å². The van der Waals surface area contributed by atoms with Crippen molar-refractivity contribution in [2.45, 2.75) is 41.5 Å². The normalized spacial score (nSPS) is 11.6. The number of pyridine rings is 1. The summed E-state index contributed by atoms with van der Waals surface area (Å²) in [6.45, 7) is 11.5. The number of ether oxygens (including phenoxy) is 1. The molecule has 2 rings (SSSR count). The number of nitrogens with one attached hydrogen (secondary N) is 1. The van der Waals surface area contributed by atoms with Crippen LogP contribution >= 0.6 is 11.8 Å². The summed E-state index contributed by atoms with van der Waals surface area (Å²) in [5.74, 6) is -1.18. The third-order valence-corrected chi connectivity index (χ3v) is 6.39. The zero-order valence-corrected chi connectivity index (χ0v) is 20.9. The average molecular weight is 469 g/mol. The van der Waals surface area contributed by atoms with Crippen LogP contribution < -0.4 is 5.32 Å². The van der Waals surface area contributed by atoms with Gasteiger partial charge in [0.25, 0.3) is 5.91 Å². The number of amides is 1. The molecule has 6 nitrogen and oxygen atoms in total. The van der Waals surface area contributed by atoms with Crippen molar-refractivity contribution in [3.63, 3.8) is 0 Å². The van der Waals surface area contributed by atoms with Crippen molar-refractivity contribution >= 4 is 33.4 Å². The smallest absolute Gasteiger partial charge is 0.313 e. The zero-order valence-electron chi connectivity index (χ0n) is 20.1. The molecule has 33 heavy (non-hydrogen) atoms. The number of hydrogen-bond acceptors (Lipinski definition) is 6. The maximum Gasteiger partial charge on any atom is 0.313 e. The van der Waals surface area contributed by atoms with Gasteiger partial charge >= 0.3 is 5.97 Å². The van der Waals surface area contributed by atoms with Crippen molar-refractivity contribution < 1.29 is 19.4 Å². The highest BCUT2D eigenvalue weighted by Gasteiger charge is 2.30. The Balaban J connectivity index is 2.19. The average Bonchev–Trinajstić information content (AvgIpc) is 2.78. The van der Waals surface area contributed by atoms with Crippen LogP contribution in [0.15, 0.2) is 54.2 Å². The summed E-state index contributed by atoms with van der Waals surface area (Å²) in [5.41, 5.74) is 2.00. The lowest BCUT2D eigenvalue weighted by Crippen LogP contribution is -2.40. The van der Waals surface area contributed by atoms with Gasteiger partial charge in [0.15, 0.2) is 5.69 Å². The van der Waals surface area contributed by atoms with Crippen LogP contribution in [0.4, 0.5) is 0 Å². The molecule has 0 spiro atoms. The van der Waals surface area contributed by atoms with Crippen molar-refractivity contribution in [2.24, 2.45) is 5.41 Å². The van der Waals surface area contributed by atoms with Crippen LogP contribution in [0.1, 0.15) is 63.2 Å². The molecule has 1 aromatic carbocycles. The topological polar surface area (TPSA) is 88.5 Å². The fourth-order valence-corrected chi connectivity index (χ4v) is 4.01. The summed E-state index contributed by atoms with van der Waals surface area (Å²) >= 11 is 1.59. The van der Waals surface area contributed by atoms with E-state index in [1.807, 2.05) is 31.2 Å². The number of benzene rings is 1. The minimum Gasteiger partial charge on any atom is -0.505 e. The Bertz CT molecular complexity index is 1060. The van der Waals surface area contributed by atoms with Crippen LogP contribution in [0.2, 0.25) is 0 Å². The van der Waals surface area contributed by atoms with Crippen molar-refractivity contribution in [3.05, 3.63) is 71.1 Å². The van der Waals surface area contributed by atoms with E-state index in [-0.39, 0.29) is 24.6 Å². The molecule has 1 heterocycles. The van der Waals surface area contributed by atoms with Gasteiger partial charge in [-0.1, -0.05) is 53.7 Å². The van der Waals surface area contributed by atoms with Gasteiger partial charge in [-0.25, -0.2) is 4.98 Å². The Morgan fingerprint density at radius 3 is 2.39 bits per heavy atom. The van der Waals surface area contributed by atoms with Crippen LogP contribution in [0.25, 0.3) is 9.81 Å². The largest absolute Gasteiger partial charge is 0.505 e. The standard InChI is InChI=1S/C26H32N2O4S/c1-7-21(33-23(17(3)4)18-12-10-9-11-13-18)19-14-20(29)22(27-15-19)24(30)28-16-26(5,6)25(31)32-8-2/h7,9-15,29H,8,16H2,1-6H3,(H,28,30)/b21-7-. The van der Waals surface area contributed by atoms with Crippen LogP contribution in [0.3, 0.4) is 0 Å². The van der Waals surface area contributed by atoms with Crippen LogP contribution in [-0.4, -0.2) is 35.1 Å². The predicted molar refractivity (Wildman–Crippen MR) is 135 cm³/mol. The van der Waals surface area contributed by atoms with Gasteiger partial charge in [-0.3, -0.25) is 9.59 Å². The molecule has 0 atom stereocenters. The number of rotatable bonds is 9. The highest BCUT2D eigenvalue weighted by molar-refractivity contribution is 8.16. The Hall–Kier alpha value is -3.06. The highest BCUT2D eigenvalue weighted by Crippen LogP contribution is 2.41. The lowest BCUT2D eigenvalue weighted by atomic mass is 9.93.